The van der Waals surface area contributed by atoms with Gasteiger partial charge in [0, 0.05) is 10.8 Å². The van der Waals surface area contributed by atoms with Gasteiger partial charge in [0.25, 0.3) is 0 Å². The van der Waals surface area contributed by atoms with Gasteiger partial charge in [-0.1, -0.05) is 89.5 Å². The third-order valence-corrected chi connectivity index (χ3v) is 21.8. The van der Waals surface area contributed by atoms with Gasteiger partial charge in [-0.05, 0) is 226 Å². The minimum Gasteiger partial charge on any atom is -0.497 e. The number of fused-ring (bicyclic) bond motifs is 2. The Morgan fingerprint density at radius 3 is 0.804 bits per heavy atom. The summed E-state index contributed by atoms with van der Waals surface area (Å²) in [6, 6.07) is 74.6. The molecule has 18 heteroatoms. The lowest BCUT2D eigenvalue weighted by atomic mass is 10.1. The van der Waals surface area contributed by atoms with E-state index in [4.69, 9.17) is 28.4 Å². The normalized spacial score (nSPS) is 11.5. The van der Waals surface area contributed by atoms with Gasteiger partial charge in [0.1, 0.15) is 51.7 Å². The third-order valence-electron chi connectivity index (χ3n) is 14.7. The summed E-state index contributed by atoms with van der Waals surface area (Å²) in [6.07, 6.45) is 0. The van der Waals surface area contributed by atoms with E-state index in [2.05, 4.69) is 0 Å². The molecular weight excluding hydrogens is 1240 g/mol. The molecule has 0 amide bonds. The summed E-state index contributed by atoms with van der Waals surface area (Å²) in [7, 11) is -9.63. The minimum absolute atomic E-state index is 0.129. The van der Waals surface area contributed by atoms with Crippen LogP contribution in [0.15, 0.2) is 306 Å². The first kappa shape index (κ1) is 64.7. The Labute approximate surface area is 536 Å². The fourth-order valence-corrected chi connectivity index (χ4v) is 14.5. The summed E-state index contributed by atoms with van der Waals surface area (Å²) < 4.78 is 136. The zero-order chi connectivity index (χ0) is 65.2. The van der Waals surface area contributed by atoms with E-state index in [9.17, 15) is 33.7 Å². The van der Waals surface area contributed by atoms with Gasteiger partial charge in [-0.15, -0.1) is 0 Å². The van der Waals surface area contributed by atoms with Gasteiger partial charge in [-0.2, -0.15) is 0 Å². The van der Waals surface area contributed by atoms with Gasteiger partial charge >= 0.3 is 0 Å². The number of benzene rings is 12. The lowest BCUT2D eigenvalue weighted by Gasteiger charge is -2.12. The molecule has 12 aromatic rings. The first-order valence-corrected chi connectivity index (χ1v) is 34.5. The van der Waals surface area contributed by atoms with Crippen molar-refractivity contribution in [3.63, 3.8) is 0 Å². The van der Waals surface area contributed by atoms with Crippen LogP contribution in [0.3, 0.4) is 0 Å². The average molecular weight is 1300 g/mol. The predicted molar refractivity (Wildman–Crippen MR) is 355 cm³/mol. The standard InChI is InChI=1S/C26H22O6S2.2C24H20O4S/c1-19-3-11-23(12-4-19)33(27,28)25-15-7-21(8-16-25)32-22-9-17-26(18-10-22)34(29,30)24-13-5-20(31-2)6-14-24;1-17-3-11-23(12-4-17)29(25,26)24-13-9-20(10-14-24)28-22-8-6-18-15-21(27-2)7-5-19(18)16-22;1-17-7-11-19(12-8-17)29(25,26)20-13-9-18(10-14-20)28-24-16-15-23(27-2)21-5-3-4-6-22(21)24/h3-18H,1-2H3;2*3-16H,1-2H3. The molecule has 0 N–H and O–H groups in total. The SMILES string of the molecule is COc1ccc(Oc2ccc(S(=O)(=O)c3ccc(C)cc3)cc2)c2ccccc12.COc1ccc(S(=O)(=O)c2ccc(Oc3ccc(S(=O)(=O)c4ccc(C)cc4)cc3)cc2)cc1.COc1ccc2cc(Oc3ccc(S(=O)(=O)c4ccc(C)cc4)cc3)ccc2c1. The number of ether oxygens (including phenoxy) is 6. The smallest absolute Gasteiger partial charge is 0.206 e. The van der Waals surface area contributed by atoms with Crippen molar-refractivity contribution >= 4 is 60.9 Å². The van der Waals surface area contributed by atoms with Gasteiger partial charge in [0.2, 0.25) is 39.3 Å². The fourth-order valence-electron chi connectivity index (χ4n) is 9.50. The van der Waals surface area contributed by atoms with Gasteiger partial charge < -0.3 is 28.4 Å². The largest absolute Gasteiger partial charge is 0.497 e. The molecule has 12 aromatic carbocycles. The molecule has 0 bridgehead atoms. The Morgan fingerprint density at radius 2 is 0.478 bits per heavy atom. The number of sulfone groups is 4. The minimum atomic E-state index is -3.68. The van der Waals surface area contributed by atoms with E-state index in [1.807, 2.05) is 93.6 Å². The summed E-state index contributed by atoms with van der Waals surface area (Å²) in [5, 5.41) is 3.95. The first-order valence-electron chi connectivity index (χ1n) is 28.6. The van der Waals surface area contributed by atoms with E-state index in [1.54, 1.807) is 172 Å². The first-order chi connectivity index (χ1) is 44.1. The Hall–Kier alpha value is -10.2. The van der Waals surface area contributed by atoms with Crippen LogP contribution in [0.5, 0.6) is 51.7 Å². The van der Waals surface area contributed by atoms with Crippen molar-refractivity contribution in [3.8, 4) is 51.7 Å². The molecule has 0 heterocycles. The van der Waals surface area contributed by atoms with Crippen molar-refractivity contribution in [2.45, 2.75) is 59.9 Å². The van der Waals surface area contributed by atoms with Gasteiger partial charge in [0.15, 0.2) is 0 Å². The lowest BCUT2D eigenvalue weighted by Crippen LogP contribution is -2.02. The van der Waals surface area contributed by atoms with Crippen LogP contribution in [0.1, 0.15) is 16.7 Å². The van der Waals surface area contributed by atoms with E-state index in [-0.39, 0.29) is 39.2 Å². The van der Waals surface area contributed by atoms with Crippen molar-refractivity contribution < 1.29 is 62.1 Å². The maximum Gasteiger partial charge on any atom is 0.206 e. The Bertz CT molecular complexity index is 5030. The Balaban J connectivity index is 0.000000152. The van der Waals surface area contributed by atoms with Crippen molar-refractivity contribution in [1.29, 1.82) is 0 Å². The second kappa shape index (κ2) is 27.9. The molecule has 0 saturated carbocycles. The summed E-state index contributed by atoms with van der Waals surface area (Å²) in [4.78, 5) is 1.69. The van der Waals surface area contributed by atoms with Crippen LogP contribution in [-0.4, -0.2) is 55.0 Å². The van der Waals surface area contributed by atoms with E-state index in [0.29, 0.717) is 40.2 Å². The van der Waals surface area contributed by atoms with Crippen molar-refractivity contribution in [2.75, 3.05) is 21.3 Å². The van der Waals surface area contributed by atoms with Crippen LogP contribution in [-0.2, 0) is 39.3 Å². The second-order valence-electron chi connectivity index (χ2n) is 21.0. The fraction of sp³-hybridized carbons (Fsp3) is 0.0811. The van der Waals surface area contributed by atoms with Crippen LogP contribution >= 0.6 is 0 Å². The molecule has 0 spiro atoms. The molecular formula is C74H62O14S4. The van der Waals surface area contributed by atoms with Crippen molar-refractivity contribution in [3.05, 3.63) is 284 Å². The van der Waals surface area contributed by atoms with Crippen molar-refractivity contribution in [1.82, 2.24) is 0 Å². The molecule has 12 rings (SSSR count). The number of methoxy groups -OCH3 is 3. The van der Waals surface area contributed by atoms with E-state index < -0.39 is 39.3 Å². The van der Waals surface area contributed by atoms with Crippen molar-refractivity contribution in [2.24, 2.45) is 0 Å². The van der Waals surface area contributed by atoms with Gasteiger partial charge in [0.05, 0.1) is 60.5 Å². The molecule has 466 valence electrons. The number of hydrogen-bond donors (Lipinski definition) is 0. The highest BCUT2D eigenvalue weighted by atomic mass is 32.2. The summed E-state index contributed by atoms with van der Waals surface area (Å²) in [5.41, 5.74) is 3.01. The molecule has 0 aliphatic heterocycles. The number of aryl methyl sites for hydroxylation is 3. The van der Waals surface area contributed by atoms with E-state index in [1.165, 1.54) is 43.5 Å². The van der Waals surface area contributed by atoms with Crippen LogP contribution < -0.4 is 28.4 Å². The predicted octanol–water partition coefficient (Wildman–Crippen LogP) is 17.0. The number of rotatable bonds is 17. The molecule has 0 radical (unpaired) electrons. The molecule has 0 atom stereocenters. The molecule has 0 fully saturated rings. The molecule has 14 nitrogen and oxygen atoms in total. The highest BCUT2D eigenvalue weighted by molar-refractivity contribution is 7.92. The summed E-state index contributed by atoms with van der Waals surface area (Å²) in [5.74, 6) is 5.47. The van der Waals surface area contributed by atoms with Crippen LogP contribution in [0.4, 0.5) is 0 Å². The van der Waals surface area contributed by atoms with Gasteiger partial charge in [-0.25, -0.2) is 33.7 Å². The van der Waals surface area contributed by atoms with Crippen LogP contribution in [0.25, 0.3) is 21.5 Å². The highest BCUT2D eigenvalue weighted by Gasteiger charge is 2.22. The maximum atomic E-state index is 12.8. The second-order valence-corrected chi connectivity index (χ2v) is 28.8. The van der Waals surface area contributed by atoms with Crippen LogP contribution in [0, 0.1) is 20.8 Å². The zero-order valence-corrected chi connectivity index (χ0v) is 54.0. The number of hydrogen-bond acceptors (Lipinski definition) is 14. The average Bonchev–Trinajstić information content (AvgIpc) is 0.872. The Kier molecular flexibility index (Phi) is 19.6. The Morgan fingerprint density at radius 1 is 0.228 bits per heavy atom. The molecule has 0 aliphatic carbocycles. The molecule has 92 heavy (non-hydrogen) atoms. The summed E-state index contributed by atoms with van der Waals surface area (Å²) >= 11 is 0. The summed E-state index contributed by atoms with van der Waals surface area (Å²) in [6.45, 7) is 5.74. The maximum absolute atomic E-state index is 12.8. The lowest BCUT2D eigenvalue weighted by molar-refractivity contribution is 0.414. The quantitative estimate of drug-likeness (QED) is 0.0836. The molecule has 0 aliphatic rings. The monoisotopic (exact) mass is 1300 g/mol. The van der Waals surface area contributed by atoms with E-state index >= 15 is 0 Å². The topological polar surface area (TPSA) is 192 Å². The van der Waals surface area contributed by atoms with Gasteiger partial charge in [-0.3, -0.25) is 0 Å². The zero-order valence-electron chi connectivity index (χ0n) is 50.8. The third kappa shape index (κ3) is 15.0. The highest BCUT2D eigenvalue weighted by Crippen LogP contribution is 2.37. The van der Waals surface area contributed by atoms with E-state index in [0.717, 1.165) is 49.7 Å². The molecule has 0 unspecified atom stereocenters. The molecule has 0 aromatic heterocycles. The van der Waals surface area contributed by atoms with Crippen LogP contribution in [0.2, 0.25) is 0 Å². The molecule has 0 saturated heterocycles.